The molecule has 0 aliphatic heterocycles. The number of hydrogen-bond donors (Lipinski definition) is 0. The number of aliphatic carboxylic acids is 6. The molecule has 0 bridgehead atoms. The van der Waals surface area contributed by atoms with Crippen LogP contribution in [0.3, 0.4) is 0 Å². The maximum Gasteiger partial charge on any atom is 3.00 e. The Kier molecular flexibility index (Phi) is 31.3. The van der Waals surface area contributed by atoms with Gasteiger partial charge in [0.15, 0.2) is 0 Å². The van der Waals surface area contributed by atoms with Crippen LogP contribution >= 0.6 is 0 Å². The fourth-order valence-corrected chi connectivity index (χ4v) is 0.612. The van der Waals surface area contributed by atoms with E-state index in [1.54, 1.807) is 0 Å². The van der Waals surface area contributed by atoms with Crippen LogP contribution in [-0.2, 0) is 67.7 Å². The average Bonchev–Trinajstić information content (AvgIpc) is 2.42. The van der Waals surface area contributed by atoms with E-state index in [1.165, 1.54) is 0 Å². The van der Waals surface area contributed by atoms with Gasteiger partial charge in [0.2, 0.25) is 0 Å². The van der Waals surface area contributed by atoms with E-state index in [-0.39, 0.29) is 39.0 Å². The SMILES string of the molecule is O=C([O-])CCC(=O)[O-].O=C([O-])CCC(=O)[O-].O=C([O-])CCC(=O)[O-].[Ru+3].[Ru+3]. The van der Waals surface area contributed by atoms with Gasteiger partial charge in [-0.1, -0.05) is 0 Å². The minimum absolute atomic E-state index is 0. The first kappa shape index (κ1) is 35.2. The smallest absolute Gasteiger partial charge is 0.550 e. The van der Waals surface area contributed by atoms with Gasteiger partial charge in [0, 0.05) is 35.8 Å². The third kappa shape index (κ3) is 57.4. The first-order valence-electron chi connectivity index (χ1n) is 6.07. The van der Waals surface area contributed by atoms with E-state index >= 15 is 0 Å². The molecule has 0 N–H and O–H groups in total. The minimum atomic E-state index is -1.37. The van der Waals surface area contributed by atoms with E-state index < -0.39 is 74.3 Å². The van der Waals surface area contributed by atoms with E-state index in [9.17, 15) is 59.4 Å². The number of carbonyl (C=O) groups is 6. The van der Waals surface area contributed by atoms with Crippen molar-refractivity contribution in [2.45, 2.75) is 38.5 Å². The molecule has 0 fully saturated rings. The summed E-state index contributed by atoms with van der Waals surface area (Å²) in [5.74, 6) is -8.20. The Morgan fingerprint density at radius 1 is 0.346 bits per heavy atom. The topological polar surface area (TPSA) is 241 Å². The van der Waals surface area contributed by atoms with Gasteiger partial charge in [-0.3, -0.25) is 0 Å². The second-order valence-corrected chi connectivity index (χ2v) is 3.73. The molecular weight excluding hydrogens is 538 g/mol. The van der Waals surface area contributed by atoms with Crippen molar-refractivity contribution < 1.29 is 98.4 Å². The molecule has 0 saturated carbocycles. The molecular formula is C12H12O12Ru2. The maximum absolute atomic E-state index is 9.50. The predicted octanol–water partition coefficient (Wildman–Crippen LogP) is -8.21. The van der Waals surface area contributed by atoms with Crippen molar-refractivity contribution in [1.29, 1.82) is 0 Å². The summed E-state index contributed by atoms with van der Waals surface area (Å²) in [4.78, 5) is 57.0. The third-order valence-electron chi connectivity index (χ3n) is 1.60. The van der Waals surface area contributed by atoms with Crippen LogP contribution in [0.15, 0.2) is 0 Å². The molecule has 0 atom stereocenters. The van der Waals surface area contributed by atoms with E-state index in [0.29, 0.717) is 0 Å². The van der Waals surface area contributed by atoms with Gasteiger partial charge in [-0.15, -0.1) is 0 Å². The fraction of sp³-hybridized carbons (Fsp3) is 0.500. The summed E-state index contributed by atoms with van der Waals surface area (Å²) in [5, 5.41) is 57.0. The predicted molar refractivity (Wildman–Crippen MR) is 57.7 cm³/mol. The third-order valence-corrected chi connectivity index (χ3v) is 1.60. The quantitative estimate of drug-likeness (QED) is 0.243. The summed E-state index contributed by atoms with van der Waals surface area (Å²) in [6.45, 7) is 0. The molecule has 14 heteroatoms. The average molecular weight is 550 g/mol. The van der Waals surface area contributed by atoms with Gasteiger partial charge in [-0.2, -0.15) is 0 Å². The number of carboxylic acid groups (broad SMARTS) is 6. The van der Waals surface area contributed by atoms with Gasteiger partial charge in [0.1, 0.15) is 0 Å². The Labute approximate surface area is 172 Å². The molecule has 0 aliphatic rings. The molecule has 0 unspecified atom stereocenters. The molecule has 0 rings (SSSR count). The minimum Gasteiger partial charge on any atom is -0.550 e. The van der Waals surface area contributed by atoms with E-state index in [1.807, 2.05) is 0 Å². The summed E-state index contributed by atoms with van der Waals surface area (Å²) in [6.07, 6.45) is -2.82. The van der Waals surface area contributed by atoms with Gasteiger partial charge >= 0.3 is 39.0 Å². The zero-order chi connectivity index (χ0) is 19.7. The number of rotatable bonds is 9. The molecule has 0 aromatic heterocycles. The fourth-order valence-electron chi connectivity index (χ4n) is 0.612. The molecule has 0 aromatic carbocycles. The van der Waals surface area contributed by atoms with Crippen molar-refractivity contribution in [2.24, 2.45) is 0 Å². The standard InChI is InChI=1S/3C4H6O4.2Ru/c3*5-3(6)1-2-4(7)8;;/h3*1-2H2,(H,5,6)(H,7,8);;/q;;;2*+3/p-6. The Bertz CT molecular complexity index is 355. The van der Waals surface area contributed by atoms with Crippen LogP contribution < -0.4 is 30.6 Å². The van der Waals surface area contributed by atoms with Gasteiger partial charge in [-0.25, -0.2) is 0 Å². The van der Waals surface area contributed by atoms with E-state index in [0.717, 1.165) is 0 Å². The van der Waals surface area contributed by atoms with Crippen LogP contribution in [0.2, 0.25) is 0 Å². The van der Waals surface area contributed by atoms with Crippen molar-refractivity contribution in [3.8, 4) is 0 Å². The molecule has 148 valence electrons. The van der Waals surface area contributed by atoms with Gasteiger partial charge < -0.3 is 59.4 Å². The van der Waals surface area contributed by atoms with Crippen LogP contribution in [0.1, 0.15) is 38.5 Å². The number of carbonyl (C=O) groups excluding carboxylic acids is 6. The molecule has 12 nitrogen and oxygen atoms in total. The molecule has 0 amide bonds. The zero-order valence-electron chi connectivity index (χ0n) is 12.8. The largest absolute Gasteiger partial charge is 3.00 e. The van der Waals surface area contributed by atoms with Crippen molar-refractivity contribution >= 4 is 35.8 Å². The molecule has 2 radical (unpaired) electrons. The molecule has 0 saturated heterocycles. The van der Waals surface area contributed by atoms with Gasteiger partial charge in [0.25, 0.3) is 0 Å². The van der Waals surface area contributed by atoms with Crippen molar-refractivity contribution in [2.75, 3.05) is 0 Å². The first-order chi connectivity index (χ1) is 10.9. The van der Waals surface area contributed by atoms with Crippen molar-refractivity contribution in [3.05, 3.63) is 0 Å². The molecule has 26 heavy (non-hydrogen) atoms. The van der Waals surface area contributed by atoms with E-state index in [2.05, 4.69) is 0 Å². The summed E-state index contributed by atoms with van der Waals surface area (Å²) in [6, 6.07) is 0. The molecule has 0 aromatic rings. The summed E-state index contributed by atoms with van der Waals surface area (Å²) in [5.41, 5.74) is 0. The maximum atomic E-state index is 9.50. The zero-order valence-corrected chi connectivity index (χ0v) is 16.3. The Balaban J connectivity index is -0.0000000817. The van der Waals surface area contributed by atoms with Crippen molar-refractivity contribution in [3.63, 3.8) is 0 Å². The van der Waals surface area contributed by atoms with Gasteiger partial charge in [-0.05, 0) is 38.5 Å². The van der Waals surface area contributed by atoms with Gasteiger partial charge in [0.05, 0.1) is 0 Å². The molecule has 0 heterocycles. The summed E-state index contributed by atoms with van der Waals surface area (Å²) >= 11 is 0. The van der Waals surface area contributed by atoms with Crippen molar-refractivity contribution in [1.82, 2.24) is 0 Å². The van der Waals surface area contributed by atoms with E-state index in [4.69, 9.17) is 0 Å². The van der Waals surface area contributed by atoms with Crippen LogP contribution in [0, 0.1) is 0 Å². The molecule has 0 aliphatic carbocycles. The second-order valence-electron chi connectivity index (χ2n) is 3.73. The van der Waals surface area contributed by atoms with Crippen LogP contribution in [0.4, 0.5) is 0 Å². The summed E-state index contributed by atoms with van der Waals surface area (Å²) < 4.78 is 0. The normalized spacial score (nSPS) is 7.85. The second kappa shape index (κ2) is 23.1. The number of carboxylic acids is 6. The molecule has 0 spiro atoms. The Morgan fingerprint density at radius 2 is 0.423 bits per heavy atom. The van der Waals surface area contributed by atoms with Crippen LogP contribution in [0.5, 0.6) is 0 Å². The monoisotopic (exact) mass is 552 g/mol. The first-order valence-corrected chi connectivity index (χ1v) is 6.07. The number of hydrogen-bond acceptors (Lipinski definition) is 12. The summed E-state index contributed by atoms with van der Waals surface area (Å²) in [7, 11) is 0. The van der Waals surface area contributed by atoms with Crippen LogP contribution in [0.25, 0.3) is 0 Å². The Hall–Kier alpha value is -1.93. The Morgan fingerprint density at radius 3 is 0.462 bits per heavy atom. The van der Waals surface area contributed by atoms with Crippen LogP contribution in [-0.4, -0.2) is 35.8 Å².